The van der Waals surface area contributed by atoms with Gasteiger partial charge in [-0.3, -0.25) is 10.2 Å². The Labute approximate surface area is 66.4 Å². The molecule has 1 aromatic heterocycles. The quantitative estimate of drug-likeness (QED) is 0.356. The predicted octanol–water partition coefficient (Wildman–Crippen LogP) is -0.0367. The number of nitrogens with zero attached hydrogens (tertiary/aromatic N) is 1. The third kappa shape index (κ3) is 1.54. The summed E-state index contributed by atoms with van der Waals surface area (Å²) >= 11 is 0. The topological polar surface area (TPSA) is 68.0 Å². The summed E-state index contributed by atoms with van der Waals surface area (Å²) in [5.41, 5.74) is 1.15. The Morgan fingerprint density at radius 3 is 2.75 bits per heavy atom. The summed E-state index contributed by atoms with van der Waals surface area (Å²) in [6.07, 6.45) is 0.730. The Bertz CT molecular complexity index is 316. The number of carbonyl (C=O) groups is 1. The number of aromatic nitrogens is 1. The normalized spacial score (nSPS) is 9.58. The highest BCUT2D eigenvalue weighted by molar-refractivity contribution is 5.91. The number of pyridine rings is 1. The van der Waals surface area contributed by atoms with Crippen molar-refractivity contribution < 1.29 is 13.6 Å². The summed E-state index contributed by atoms with van der Waals surface area (Å²) in [4.78, 5) is 13.9. The van der Waals surface area contributed by atoms with Crippen LogP contribution >= 0.6 is 0 Å². The van der Waals surface area contributed by atoms with Crippen LogP contribution in [0.4, 0.5) is 8.78 Å². The van der Waals surface area contributed by atoms with Gasteiger partial charge in [0.15, 0.2) is 11.5 Å². The van der Waals surface area contributed by atoms with E-state index in [4.69, 9.17) is 5.84 Å². The van der Waals surface area contributed by atoms with E-state index in [9.17, 15) is 13.6 Å². The van der Waals surface area contributed by atoms with Crippen LogP contribution in [0.3, 0.4) is 0 Å². The van der Waals surface area contributed by atoms with E-state index >= 15 is 0 Å². The molecule has 0 aliphatic carbocycles. The van der Waals surface area contributed by atoms with Gasteiger partial charge in [-0.2, -0.15) is 0 Å². The number of halogens is 2. The van der Waals surface area contributed by atoms with Crippen LogP contribution in [-0.4, -0.2) is 10.9 Å². The first-order valence-electron chi connectivity index (χ1n) is 2.97. The van der Waals surface area contributed by atoms with Crippen molar-refractivity contribution in [1.29, 1.82) is 0 Å². The number of rotatable bonds is 1. The molecule has 0 radical (unpaired) electrons. The maximum absolute atomic E-state index is 12.7. The number of hydrogen-bond acceptors (Lipinski definition) is 3. The Morgan fingerprint density at radius 1 is 1.58 bits per heavy atom. The number of nitrogens with two attached hydrogens (primary N) is 1. The van der Waals surface area contributed by atoms with Gasteiger partial charge in [-0.1, -0.05) is 0 Å². The fraction of sp³-hybridized carbons (Fsp3) is 0. The summed E-state index contributed by atoms with van der Waals surface area (Å²) in [6.45, 7) is 0. The molecule has 12 heavy (non-hydrogen) atoms. The molecular weight excluding hydrogens is 168 g/mol. The highest BCUT2D eigenvalue weighted by Crippen LogP contribution is 2.04. The second-order valence-corrected chi connectivity index (χ2v) is 1.96. The second-order valence-electron chi connectivity index (χ2n) is 1.96. The number of nitrogens with one attached hydrogen (secondary N) is 1. The van der Waals surface area contributed by atoms with Crippen LogP contribution in [0.5, 0.6) is 0 Å². The monoisotopic (exact) mass is 173 g/mol. The van der Waals surface area contributed by atoms with Crippen LogP contribution in [0.2, 0.25) is 0 Å². The molecule has 64 valence electrons. The van der Waals surface area contributed by atoms with Crippen molar-refractivity contribution in [1.82, 2.24) is 10.4 Å². The van der Waals surface area contributed by atoms with Gasteiger partial charge in [0.2, 0.25) is 0 Å². The number of amides is 1. The lowest BCUT2D eigenvalue weighted by atomic mass is 10.3. The largest absolute Gasteiger partial charge is 0.289 e. The molecule has 0 saturated carbocycles. The number of nitrogen functional groups attached to an aromatic ring is 1. The fourth-order valence-corrected chi connectivity index (χ4v) is 0.650. The summed E-state index contributed by atoms with van der Waals surface area (Å²) in [6, 6.07) is 0.553. The average molecular weight is 173 g/mol. The van der Waals surface area contributed by atoms with E-state index in [1.54, 1.807) is 5.43 Å². The lowest BCUT2D eigenvalue weighted by molar-refractivity contribution is 0.0944. The van der Waals surface area contributed by atoms with Crippen LogP contribution in [0, 0.1) is 11.6 Å². The van der Waals surface area contributed by atoms with E-state index < -0.39 is 23.2 Å². The van der Waals surface area contributed by atoms with Gasteiger partial charge in [0, 0.05) is 6.07 Å². The summed E-state index contributed by atoms with van der Waals surface area (Å²) in [5, 5.41) is 0. The molecule has 0 aliphatic rings. The molecule has 0 fully saturated rings. The van der Waals surface area contributed by atoms with Crippen LogP contribution in [0.15, 0.2) is 12.3 Å². The number of hydrogen-bond donors (Lipinski definition) is 2. The predicted molar refractivity (Wildman–Crippen MR) is 35.8 cm³/mol. The van der Waals surface area contributed by atoms with Crippen molar-refractivity contribution in [3.05, 3.63) is 29.6 Å². The zero-order chi connectivity index (χ0) is 9.14. The highest BCUT2D eigenvalue weighted by Gasteiger charge is 2.12. The molecule has 0 atom stereocenters. The first-order valence-corrected chi connectivity index (χ1v) is 2.97. The van der Waals surface area contributed by atoms with Crippen molar-refractivity contribution in [2.24, 2.45) is 5.84 Å². The molecule has 6 heteroatoms. The highest BCUT2D eigenvalue weighted by atomic mass is 19.1. The van der Waals surface area contributed by atoms with E-state index in [1.807, 2.05) is 0 Å². The maximum atomic E-state index is 12.7. The number of carbonyl (C=O) groups excluding carboxylic acids is 1. The third-order valence-electron chi connectivity index (χ3n) is 1.15. The third-order valence-corrected chi connectivity index (χ3v) is 1.15. The van der Waals surface area contributed by atoms with Crippen molar-refractivity contribution in [3.8, 4) is 0 Å². The zero-order valence-corrected chi connectivity index (χ0v) is 5.84. The van der Waals surface area contributed by atoms with Gasteiger partial charge in [0.05, 0.1) is 6.20 Å². The van der Waals surface area contributed by atoms with Gasteiger partial charge in [-0.05, 0) is 0 Å². The summed E-state index contributed by atoms with van der Waals surface area (Å²) < 4.78 is 24.9. The van der Waals surface area contributed by atoms with Gasteiger partial charge in [0.25, 0.3) is 5.91 Å². The van der Waals surface area contributed by atoms with Gasteiger partial charge >= 0.3 is 0 Å². The lowest BCUT2D eigenvalue weighted by Gasteiger charge is -1.98. The van der Waals surface area contributed by atoms with E-state index in [0.29, 0.717) is 6.07 Å². The van der Waals surface area contributed by atoms with Crippen LogP contribution in [-0.2, 0) is 0 Å². The van der Waals surface area contributed by atoms with Crippen molar-refractivity contribution in [2.75, 3.05) is 0 Å². The standard InChI is InChI=1S/C6H5F2N3O/c7-3-1-4(8)5(10-2-3)6(12)11-9/h1-2H,9H2,(H,11,12). The molecule has 3 N–H and O–H groups in total. The Morgan fingerprint density at radius 2 is 2.25 bits per heavy atom. The zero-order valence-electron chi connectivity index (χ0n) is 5.84. The van der Waals surface area contributed by atoms with Gasteiger partial charge < -0.3 is 0 Å². The molecule has 0 aliphatic heterocycles. The summed E-state index contributed by atoms with van der Waals surface area (Å²) in [7, 11) is 0. The molecule has 4 nitrogen and oxygen atoms in total. The average Bonchev–Trinajstić information content (AvgIpc) is 2.03. The Kier molecular flexibility index (Phi) is 2.29. The smallest absolute Gasteiger partial charge is 0.286 e. The maximum Gasteiger partial charge on any atom is 0.286 e. The Balaban J connectivity index is 3.09. The van der Waals surface area contributed by atoms with E-state index in [0.717, 1.165) is 6.20 Å². The first kappa shape index (κ1) is 8.54. The molecule has 1 heterocycles. The molecule has 1 rings (SSSR count). The molecule has 1 amide bonds. The molecule has 0 spiro atoms. The van der Waals surface area contributed by atoms with Crippen LogP contribution < -0.4 is 11.3 Å². The van der Waals surface area contributed by atoms with E-state index in [1.165, 1.54) is 0 Å². The first-order chi connectivity index (χ1) is 5.65. The van der Waals surface area contributed by atoms with Crippen LogP contribution in [0.25, 0.3) is 0 Å². The van der Waals surface area contributed by atoms with Crippen LogP contribution in [0.1, 0.15) is 10.5 Å². The van der Waals surface area contributed by atoms with Crippen molar-refractivity contribution in [2.45, 2.75) is 0 Å². The fourth-order valence-electron chi connectivity index (χ4n) is 0.650. The van der Waals surface area contributed by atoms with E-state index in [2.05, 4.69) is 4.98 Å². The lowest BCUT2D eigenvalue weighted by Crippen LogP contribution is -2.31. The molecular formula is C6H5F2N3O. The SMILES string of the molecule is NNC(=O)c1ncc(F)cc1F. The minimum absolute atomic E-state index is 0.529. The molecule has 0 bridgehead atoms. The minimum atomic E-state index is -1.04. The minimum Gasteiger partial charge on any atom is -0.289 e. The van der Waals surface area contributed by atoms with Crippen molar-refractivity contribution >= 4 is 5.91 Å². The number of hydrazine groups is 1. The van der Waals surface area contributed by atoms with E-state index in [-0.39, 0.29) is 0 Å². The molecule has 0 unspecified atom stereocenters. The summed E-state index contributed by atoms with van der Waals surface area (Å²) in [5.74, 6) is 1.93. The van der Waals surface area contributed by atoms with Gasteiger partial charge in [-0.15, -0.1) is 0 Å². The van der Waals surface area contributed by atoms with Gasteiger partial charge in [0.1, 0.15) is 5.82 Å². The Hall–Kier alpha value is -1.56. The molecule has 0 saturated heterocycles. The van der Waals surface area contributed by atoms with Crippen molar-refractivity contribution in [3.63, 3.8) is 0 Å². The second kappa shape index (κ2) is 3.22. The molecule has 1 aromatic rings. The molecule has 0 aromatic carbocycles. The van der Waals surface area contributed by atoms with Gasteiger partial charge in [-0.25, -0.2) is 19.6 Å².